The summed E-state index contributed by atoms with van der Waals surface area (Å²) in [6.45, 7) is 0. The number of hydrogen-bond acceptors (Lipinski definition) is 6. The number of para-hydroxylation sites is 1. The van der Waals surface area contributed by atoms with E-state index in [1.54, 1.807) is 0 Å². The van der Waals surface area contributed by atoms with Crippen LogP contribution < -0.4 is 4.74 Å². The van der Waals surface area contributed by atoms with E-state index in [2.05, 4.69) is 0 Å². The first-order valence-electron chi connectivity index (χ1n) is 8.78. The van der Waals surface area contributed by atoms with E-state index < -0.39 is 35.4 Å². The van der Waals surface area contributed by atoms with Gasteiger partial charge in [0.25, 0.3) is 0 Å². The molecule has 0 aliphatic carbocycles. The number of aromatic hydroxyl groups is 3. The highest BCUT2D eigenvalue weighted by Crippen LogP contribution is 2.38. The molecule has 1 aliphatic heterocycles. The number of rotatable bonds is 3. The zero-order valence-corrected chi connectivity index (χ0v) is 14.8. The van der Waals surface area contributed by atoms with Crippen molar-refractivity contribution in [2.75, 3.05) is 0 Å². The van der Waals surface area contributed by atoms with Crippen molar-refractivity contribution >= 4 is 5.97 Å². The first-order chi connectivity index (χ1) is 13.5. The zero-order chi connectivity index (χ0) is 19.7. The van der Waals surface area contributed by atoms with Crippen LogP contribution in [0.15, 0.2) is 66.7 Å². The zero-order valence-electron chi connectivity index (χ0n) is 14.8. The molecule has 1 heterocycles. The van der Waals surface area contributed by atoms with Crippen molar-refractivity contribution in [3.8, 4) is 23.0 Å². The topological polar surface area (TPSA) is 96.2 Å². The summed E-state index contributed by atoms with van der Waals surface area (Å²) >= 11 is 0. The molecule has 142 valence electrons. The fraction of sp³-hybridized carbons (Fsp3) is 0.136. The maximum Gasteiger partial charge on any atom is 0.338 e. The summed E-state index contributed by atoms with van der Waals surface area (Å²) in [6.07, 6.45) is -0.653. The van der Waals surface area contributed by atoms with Crippen molar-refractivity contribution in [1.29, 1.82) is 0 Å². The standard InChI is InChI=1S/C22H18O6/c23-16-10-15(11-17(24)20(16)25)22(26)28-19-12-14-8-4-5-9-18(14)27-21(19)13-6-2-1-3-7-13/h1-11,19,21,23-25H,12H2/t19-,21?/m0/s1. The molecule has 4 rings (SSSR count). The highest BCUT2D eigenvalue weighted by molar-refractivity contribution is 5.91. The Morgan fingerprint density at radius 1 is 0.929 bits per heavy atom. The molecule has 1 aliphatic rings. The van der Waals surface area contributed by atoms with E-state index in [1.807, 2.05) is 54.6 Å². The number of phenols is 3. The van der Waals surface area contributed by atoms with Crippen LogP contribution in [0.2, 0.25) is 0 Å². The van der Waals surface area contributed by atoms with E-state index in [0.717, 1.165) is 29.0 Å². The number of esters is 1. The van der Waals surface area contributed by atoms with Crippen molar-refractivity contribution in [3.63, 3.8) is 0 Å². The third-order valence-electron chi connectivity index (χ3n) is 4.68. The van der Waals surface area contributed by atoms with Crippen molar-refractivity contribution in [1.82, 2.24) is 0 Å². The van der Waals surface area contributed by atoms with Gasteiger partial charge < -0.3 is 24.8 Å². The lowest BCUT2D eigenvalue weighted by atomic mass is 9.94. The summed E-state index contributed by atoms with van der Waals surface area (Å²) in [7, 11) is 0. The van der Waals surface area contributed by atoms with Gasteiger partial charge in [-0.25, -0.2) is 4.79 Å². The molecule has 6 nitrogen and oxygen atoms in total. The third-order valence-corrected chi connectivity index (χ3v) is 4.68. The van der Waals surface area contributed by atoms with Gasteiger partial charge in [-0.2, -0.15) is 0 Å². The monoisotopic (exact) mass is 378 g/mol. The van der Waals surface area contributed by atoms with Crippen LogP contribution in [0.1, 0.15) is 27.6 Å². The predicted molar refractivity (Wildman–Crippen MR) is 101 cm³/mol. The quantitative estimate of drug-likeness (QED) is 0.475. The average Bonchev–Trinajstić information content (AvgIpc) is 2.71. The number of hydrogen-bond donors (Lipinski definition) is 3. The fourth-order valence-corrected chi connectivity index (χ4v) is 3.28. The number of phenolic OH excluding ortho intramolecular Hbond substituents is 3. The van der Waals surface area contributed by atoms with E-state index in [4.69, 9.17) is 9.47 Å². The lowest BCUT2D eigenvalue weighted by Gasteiger charge is -2.33. The highest BCUT2D eigenvalue weighted by Gasteiger charge is 2.34. The number of fused-ring (bicyclic) bond motifs is 1. The molecule has 2 atom stereocenters. The molecule has 0 spiro atoms. The Balaban J connectivity index is 1.65. The van der Waals surface area contributed by atoms with Gasteiger partial charge in [0.05, 0.1) is 5.56 Å². The first kappa shape index (κ1) is 17.7. The molecular weight excluding hydrogens is 360 g/mol. The molecule has 3 aromatic carbocycles. The second kappa shape index (κ2) is 7.15. The lowest BCUT2D eigenvalue weighted by molar-refractivity contribution is -0.0183. The summed E-state index contributed by atoms with van der Waals surface area (Å²) in [6, 6.07) is 19.1. The van der Waals surface area contributed by atoms with Crippen LogP contribution in [-0.2, 0) is 11.2 Å². The van der Waals surface area contributed by atoms with Gasteiger partial charge in [-0.3, -0.25) is 0 Å². The molecule has 0 saturated heterocycles. The lowest BCUT2D eigenvalue weighted by Crippen LogP contribution is -2.34. The predicted octanol–water partition coefficient (Wildman–Crippen LogP) is 3.71. The van der Waals surface area contributed by atoms with Crippen molar-refractivity contribution < 1.29 is 29.6 Å². The molecule has 6 heteroatoms. The van der Waals surface area contributed by atoms with Crippen LogP contribution in [0.25, 0.3) is 0 Å². The van der Waals surface area contributed by atoms with Crippen molar-refractivity contribution in [3.05, 3.63) is 83.4 Å². The molecule has 1 unspecified atom stereocenters. The van der Waals surface area contributed by atoms with Gasteiger partial charge in [0.2, 0.25) is 0 Å². The van der Waals surface area contributed by atoms with Crippen LogP contribution in [-0.4, -0.2) is 27.4 Å². The van der Waals surface area contributed by atoms with Crippen LogP contribution in [0, 0.1) is 0 Å². The normalized spacial score (nSPS) is 18.0. The second-order valence-corrected chi connectivity index (χ2v) is 6.57. The Morgan fingerprint density at radius 2 is 1.57 bits per heavy atom. The van der Waals surface area contributed by atoms with E-state index in [1.165, 1.54) is 0 Å². The minimum atomic E-state index is -0.737. The Morgan fingerprint density at radius 3 is 2.29 bits per heavy atom. The number of ether oxygens (including phenoxy) is 2. The van der Waals surface area contributed by atoms with Crippen LogP contribution in [0.3, 0.4) is 0 Å². The van der Waals surface area contributed by atoms with Crippen LogP contribution in [0.4, 0.5) is 0 Å². The SMILES string of the molecule is O=C(O[C@H]1Cc2ccccc2OC1c1ccccc1)c1cc(O)c(O)c(O)c1. The van der Waals surface area contributed by atoms with E-state index in [9.17, 15) is 20.1 Å². The smallest absolute Gasteiger partial charge is 0.338 e. The van der Waals surface area contributed by atoms with E-state index >= 15 is 0 Å². The largest absolute Gasteiger partial charge is 0.504 e. The van der Waals surface area contributed by atoms with Gasteiger partial charge in [-0.15, -0.1) is 0 Å². The van der Waals surface area contributed by atoms with Gasteiger partial charge in [-0.1, -0.05) is 48.5 Å². The molecule has 0 amide bonds. The Labute approximate surface area is 161 Å². The maximum atomic E-state index is 12.6. The van der Waals surface area contributed by atoms with Crippen molar-refractivity contribution in [2.45, 2.75) is 18.6 Å². The Hall–Kier alpha value is -3.67. The van der Waals surface area contributed by atoms with Gasteiger partial charge in [-0.05, 0) is 29.3 Å². The highest BCUT2D eigenvalue weighted by atomic mass is 16.6. The minimum Gasteiger partial charge on any atom is -0.504 e. The van der Waals surface area contributed by atoms with Crippen LogP contribution >= 0.6 is 0 Å². The molecule has 0 fully saturated rings. The first-order valence-corrected chi connectivity index (χ1v) is 8.78. The van der Waals surface area contributed by atoms with Gasteiger partial charge >= 0.3 is 5.97 Å². The molecule has 3 aromatic rings. The third kappa shape index (κ3) is 3.32. The number of carbonyl (C=O) groups excluding carboxylic acids is 1. The molecule has 0 aromatic heterocycles. The molecule has 0 saturated carbocycles. The van der Waals surface area contributed by atoms with E-state index in [0.29, 0.717) is 6.42 Å². The molecular formula is C22H18O6. The minimum absolute atomic E-state index is 0.0709. The second-order valence-electron chi connectivity index (χ2n) is 6.57. The number of carbonyl (C=O) groups is 1. The van der Waals surface area contributed by atoms with E-state index in [-0.39, 0.29) is 5.56 Å². The summed E-state index contributed by atoms with van der Waals surface area (Å²) in [5.41, 5.74) is 1.72. The fourth-order valence-electron chi connectivity index (χ4n) is 3.28. The molecule has 0 bridgehead atoms. The molecule has 0 radical (unpaired) electrons. The average molecular weight is 378 g/mol. The summed E-state index contributed by atoms with van der Waals surface area (Å²) in [5.74, 6) is -1.88. The Bertz CT molecular complexity index is 992. The van der Waals surface area contributed by atoms with Crippen molar-refractivity contribution in [2.24, 2.45) is 0 Å². The summed E-state index contributed by atoms with van der Waals surface area (Å²) < 4.78 is 11.8. The van der Waals surface area contributed by atoms with Gasteiger partial charge in [0, 0.05) is 6.42 Å². The summed E-state index contributed by atoms with van der Waals surface area (Å²) in [4.78, 5) is 12.6. The molecule has 3 N–H and O–H groups in total. The Kier molecular flexibility index (Phi) is 4.53. The van der Waals surface area contributed by atoms with Gasteiger partial charge in [0.15, 0.2) is 23.4 Å². The number of benzene rings is 3. The maximum absolute atomic E-state index is 12.6. The molecule has 28 heavy (non-hydrogen) atoms. The summed E-state index contributed by atoms with van der Waals surface area (Å²) in [5, 5.41) is 28.8. The van der Waals surface area contributed by atoms with Gasteiger partial charge in [0.1, 0.15) is 11.9 Å². The van der Waals surface area contributed by atoms with Crippen LogP contribution in [0.5, 0.6) is 23.0 Å².